The predicted molar refractivity (Wildman–Crippen MR) is 71.8 cm³/mol. The highest BCUT2D eigenvalue weighted by Crippen LogP contribution is 2.14. The van der Waals surface area contributed by atoms with Crippen molar-refractivity contribution in [3.8, 4) is 0 Å². The van der Waals surface area contributed by atoms with Gasteiger partial charge in [-0.05, 0) is 24.9 Å². The molecule has 1 aromatic rings. The lowest BCUT2D eigenvalue weighted by Crippen LogP contribution is -2.32. The molecule has 0 saturated heterocycles. The molecule has 1 unspecified atom stereocenters. The molecule has 1 atom stereocenters. The van der Waals surface area contributed by atoms with Crippen molar-refractivity contribution in [2.24, 2.45) is 10.9 Å². The lowest BCUT2D eigenvalue weighted by molar-refractivity contribution is 0.283. The maximum absolute atomic E-state index is 8.81. The lowest BCUT2D eigenvalue weighted by atomic mass is 9.98. The van der Waals surface area contributed by atoms with E-state index in [9.17, 15) is 0 Å². The first-order valence-electron chi connectivity index (χ1n) is 6.13. The Hall–Kier alpha value is -1.59. The van der Waals surface area contributed by atoms with Gasteiger partial charge in [0.1, 0.15) is 5.84 Å². The number of hydrogen-bond donors (Lipinski definition) is 4. The Labute approximate surface area is 107 Å². The number of oxime groups is 1. The summed E-state index contributed by atoms with van der Waals surface area (Å²) < 4.78 is 0. The molecule has 0 amide bonds. The molecule has 0 heterocycles. The summed E-state index contributed by atoms with van der Waals surface area (Å²) in [6, 6.07) is 9.70. The highest BCUT2D eigenvalue weighted by molar-refractivity contribution is 5.87. The standard InChI is InChI=1S/C13H21N3O2/c14-13(16-18)12(10-15-8-4-5-9-17)11-6-2-1-3-7-11/h1-3,6-7,12,15,17-18H,4-5,8-10H2,(H2,14,16). The van der Waals surface area contributed by atoms with Crippen molar-refractivity contribution in [3.05, 3.63) is 35.9 Å². The normalized spacial score (nSPS) is 13.5. The van der Waals surface area contributed by atoms with Gasteiger partial charge in [-0.3, -0.25) is 0 Å². The van der Waals surface area contributed by atoms with Crippen LogP contribution in [0.1, 0.15) is 24.3 Å². The summed E-state index contributed by atoms with van der Waals surface area (Å²) in [4.78, 5) is 0. The number of benzene rings is 1. The fourth-order valence-corrected chi connectivity index (χ4v) is 1.76. The molecular formula is C13H21N3O2. The third kappa shape index (κ3) is 4.73. The molecule has 5 nitrogen and oxygen atoms in total. The van der Waals surface area contributed by atoms with Crippen LogP contribution < -0.4 is 11.1 Å². The van der Waals surface area contributed by atoms with Crippen LogP contribution in [0.5, 0.6) is 0 Å². The number of nitrogens with two attached hydrogens (primary N) is 1. The van der Waals surface area contributed by atoms with Crippen LogP contribution >= 0.6 is 0 Å². The third-order valence-corrected chi connectivity index (χ3v) is 2.78. The van der Waals surface area contributed by atoms with E-state index in [1.54, 1.807) is 0 Å². The van der Waals surface area contributed by atoms with Crippen LogP contribution in [-0.2, 0) is 0 Å². The van der Waals surface area contributed by atoms with Gasteiger partial charge in [0.2, 0.25) is 0 Å². The Morgan fingerprint density at radius 2 is 2.00 bits per heavy atom. The molecule has 0 bridgehead atoms. The second-order valence-electron chi connectivity index (χ2n) is 4.12. The number of nitrogens with one attached hydrogen (secondary N) is 1. The van der Waals surface area contributed by atoms with Gasteiger partial charge in [-0.2, -0.15) is 0 Å². The average Bonchev–Trinajstić information content (AvgIpc) is 2.43. The number of aliphatic hydroxyl groups is 1. The van der Waals surface area contributed by atoms with Crippen molar-refractivity contribution >= 4 is 5.84 Å². The van der Waals surface area contributed by atoms with E-state index in [1.165, 1.54) is 0 Å². The minimum Gasteiger partial charge on any atom is -0.409 e. The number of rotatable bonds is 8. The highest BCUT2D eigenvalue weighted by atomic mass is 16.4. The van der Waals surface area contributed by atoms with Crippen molar-refractivity contribution in [2.45, 2.75) is 18.8 Å². The zero-order valence-electron chi connectivity index (χ0n) is 10.4. The predicted octanol–water partition coefficient (Wildman–Crippen LogP) is 0.879. The van der Waals surface area contributed by atoms with Crippen LogP contribution in [0.15, 0.2) is 35.5 Å². The molecule has 0 saturated carbocycles. The zero-order chi connectivity index (χ0) is 13.2. The fraction of sp³-hybridized carbons (Fsp3) is 0.462. The van der Waals surface area contributed by atoms with E-state index < -0.39 is 0 Å². The Morgan fingerprint density at radius 3 is 2.61 bits per heavy atom. The van der Waals surface area contributed by atoms with Crippen LogP contribution in [0.4, 0.5) is 0 Å². The molecule has 100 valence electrons. The molecule has 0 aliphatic carbocycles. The molecule has 0 fully saturated rings. The van der Waals surface area contributed by atoms with Gasteiger partial charge < -0.3 is 21.4 Å². The largest absolute Gasteiger partial charge is 0.409 e. The Balaban J connectivity index is 2.53. The third-order valence-electron chi connectivity index (χ3n) is 2.78. The van der Waals surface area contributed by atoms with Gasteiger partial charge in [-0.25, -0.2) is 0 Å². The number of amidine groups is 1. The van der Waals surface area contributed by atoms with Crippen LogP contribution in [0.3, 0.4) is 0 Å². The van der Waals surface area contributed by atoms with E-state index in [1.807, 2.05) is 30.3 Å². The summed E-state index contributed by atoms with van der Waals surface area (Å²) >= 11 is 0. The summed E-state index contributed by atoms with van der Waals surface area (Å²) in [7, 11) is 0. The topological polar surface area (TPSA) is 90.9 Å². The first kappa shape index (κ1) is 14.5. The Morgan fingerprint density at radius 1 is 1.28 bits per heavy atom. The van der Waals surface area contributed by atoms with E-state index in [0.29, 0.717) is 6.54 Å². The molecule has 18 heavy (non-hydrogen) atoms. The molecule has 0 spiro atoms. The van der Waals surface area contributed by atoms with Crippen molar-refractivity contribution in [3.63, 3.8) is 0 Å². The van der Waals surface area contributed by atoms with Gasteiger partial charge in [0.05, 0.1) is 5.92 Å². The molecule has 0 aromatic heterocycles. The average molecular weight is 251 g/mol. The fourth-order valence-electron chi connectivity index (χ4n) is 1.76. The first-order valence-corrected chi connectivity index (χ1v) is 6.13. The first-order chi connectivity index (χ1) is 8.79. The van der Waals surface area contributed by atoms with E-state index >= 15 is 0 Å². The van der Waals surface area contributed by atoms with Crippen molar-refractivity contribution < 1.29 is 10.3 Å². The molecule has 1 aromatic carbocycles. The Kier molecular flexibility index (Phi) is 6.83. The molecule has 0 aliphatic heterocycles. The molecule has 5 heteroatoms. The van der Waals surface area contributed by atoms with Crippen LogP contribution in [0, 0.1) is 0 Å². The maximum atomic E-state index is 8.81. The van der Waals surface area contributed by atoms with E-state index in [-0.39, 0.29) is 18.4 Å². The summed E-state index contributed by atoms with van der Waals surface area (Å²) in [6.07, 6.45) is 1.70. The Bertz CT molecular complexity index is 355. The second kappa shape index (κ2) is 8.49. The van der Waals surface area contributed by atoms with Gasteiger partial charge in [0, 0.05) is 13.2 Å². The minimum atomic E-state index is -0.134. The molecular weight excluding hydrogens is 230 g/mol. The summed E-state index contributed by atoms with van der Waals surface area (Å²) in [5.41, 5.74) is 6.73. The van der Waals surface area contributed by atoms with Crippen LogP contribution in [0.2, 0.25) is 0 Å². The van der Waals surface area contributed by atoms with E-state index in [4.69, 9.17) is 16.0 Å². The maximum Gasteiger partial charge on any atom is 0.147 e. The zero-order valence-corrected chi connectivity index (χ0v) is 10.4. The van der Waals surface area contributed by atoms with Gasteiger partial charge >= 0.3 is 0 Å². The van der Waals surface area contributed by atoms with Crippen molar-refractivity contribution in [1.82, 2.24) is 5.32 Å². The number of nitrogens with zero attached hydrogens (tertiary/aromatic N) is 1. The van der Waals surface area contributed by atoms with Crippen molar-refractivity contribution in [1.29, 1.82) is 0 Å². The van der Waals surface area contributed by atoms with Crippen molar-refractivity contribution in [2.75, 3.05) is 19.7 Å². The van der Waals surface area contributed by atoms with Gasteiger partial charge in [-0.15, -0.1) is 0 Å². The number of unbranched alkanes of at least 4 members (excludes halogenated alkanes) is 1. The summed E-state index contributed by atoms with van der Waals surface area (Å²) in [6.45, 7) is 1.64. The number of hydrogen-bond acceptors (Lipinski definition) is 4. The smallest absolute Gasteiger partial charge is 0.147 e. The highest BCUT2D eigenvalue weighted by Gasteiger charge is 2.15. The molecule has 1 rings (SSSR count). The summed E-state index contributed by atoms with van der Waals surface area (Å²) in [5, 5.41) is 23.8. The minimum absolute atomic E-state index is 0.134. The van der Waals surface area contributed by atoms with E-state index in [0.717, 1.165) is 24.9 Å². The number of aliphatic hydroxyl groups excluding tert-OH is 1. The quantitative estimate of drug-likeness (QED) is 0.181. The monoisotopic (exact) mass is 251 g/mol. The van der Waals surface area contributed by atoms with E-state index in [2.05, 4.69) is 10.5 Å². The van der Waals surface area contributed by atoms with Gasteiger partial charge in [0.25, 0.3) is 0 Å². The second-order valence-corrected chi connectivity index (χ2v) is 4.12. The summed E-state index contributed by atoms with van der Waals surface area (Å²) in [5.74, 6) is 0.0705. The lowest BCUT2D eigenvalue weighted by Gasteiger charge is -2.16. The molecule has 5 N–H and O–H groups in total. The van der Waals surface area contributed by atoms with Gasteiger partial charge in [0.15, 0.2) is 0 Å². The van der Waals surface area contributed by atoms with Gasteiger partial charge in [-0.1, -0.05) is 35.5 Å². The SMILES string of the molecule is N/C(=N/O)C(CNCCCCO)c1ccccc1. The molecule has 0 radical (unpaired) electrons. The molecule has 0 aliphatic rings. The van der Waals surface area contributed by atoms with Crippen LogP contribution in [-0.4, -0.2) is 35.8 Å². The van der Waals surface area contributed by atoms with Crippen LogP contribution in [0.25, 0.3) is 0 Å².